The van der Waals surface area contributed by atoms with Crippen LogP contribution in [-0.4, -0.2) is 16.8 Å². The third kappa shape index (κ3) is 5.71. The minimum absolute atomic E-state index is 0.0974. The first kappa shape index (κ1) is 31.0. The lowest BCUT2D eigenvalue weighted by Gasteiger charge is -2.59. The Labute approximate surface area is 247 Å². The molecule has 40 heavy (non-hydrogen) atoms. The van der Waals surface area contributed by atoms with Gasteiger partial charge in [-0.15, -0.1) is 5.54 Å². The number of rotatable bonds is 9. The van der Waals surface area contributed by atoms with Crippen LogP contribution < -0.4 is 0 Å². The summed E-state index contributed by atoms with van der Waals surface area (Å²) in [6, 6.07) is 9.43. The van der Waals surface area contributed by atoms with Crippen molar-refractivity contribution >= 4 is 11.3 Å². The van der Waals surface area contributed by atoms with E-state index in [2.05, 4.69) is 107 Å². The van der Waals surface area contributed by atoms with Crippen molar-refractivity contribution in [2.45, 2.75) is 157 Å². The van der Waals surface area contributed by atoms with E-state index in [0.717, 1.165) is 12.8 Å². The third-order valence-corrected chi connectivity index (χ3v) is 9.74. The van der Waals surface area contributed by atoms with Crippen LogP contribution in [-0.2, 0) is 5.41 Å². The molecule has 220 valence electrons. The molecule has 2 nitrogen and oxygen atoms in total. The van der Waals surface area contributed by atoms with Gasteiger partial charge >= 0.3 is 0 Å². The molecule has 0 N–H and O–H groups in total. The van der Waals surface area contributed by atoms with E-state index in [1.165, 1.54) is 91.0 Å². The molecular weight excluding hydrogens is 484 g/mol. The van der Waals surface area contributed by atoms with Gasteiger partial charge in [-0.05, 0) is 81.2 Å². The maximum Gasteiger partial charge on any atom is 0.179 e. The van der Waals surface area contributed by atoms with Crippen molar-refractivity contribution in [3.8, 4) is 0 Å². The molecule has 2 heterocycles. The second-order valence-electron chi connectivity index (χ2n) is 15.6. The van der Waals surface area contributed by atoms with Crippen LogP contribution >= 0.6 is 0 Å². The molecule has 0 atom stereocenters. The maximum atomic E-state index is 5.62. The van der Waals surface area contributed by atoms with Gasteiger partial charge in [0.05, 0.1) is 22.8 Å². The first-order valence-corrected chi connectivity index (χ1v) is 16.4. The van der Waals surface area contributed by atoms with E-state index in [0.29, 0.717) is 0 Å². The molecule has 0 amide bonds. The summed E-state index contributed by atoms with van der Waals surface area (Å²) < 4.78 is 0. The number of nitrogens with zero attached hydrogens (tertiary/aromatic N) is 2. The Hall–Kier alpha value is -1.96. The largest absolute Gasteiger partial charge is 0.655 e. The summed E-state index contributed by atoms with van der Waals surface area (Å²) >= 11 is 0. The molecule has 1 saturated heterocycles. The second-order valence-corrected chi connectivity index (χ2v) is 15.6. The van der Waals surface area contributed by atoms with Gasteiger partial charge in [0.1, 0.15) is 0 Å². The molecule has 0 unspecified atom stereocenters. The molecule has 3 aliphatic rings. The number of allylic oxidation sites excluding steroid dienone is 3. The first-order chi connectivity index (χ1) is 18.7. The Morgan fingerprint density at radius 1 is 0.800 bits per heavy atom. The molecule has 2 heteroatoms. The molecule has 1 aromatic rings. The summed E-state index contributed by atoms with van der Waals surface area (Å²) in [7, 11) is 0. The fourth-order valence-electron chi connectivity index (χ4n) is 8.70. The molecule has 0 bridgehead atoms. The van der Waals surface area contributed by atoms with Crippen molar-refractivity contribution in [1.82, 2.24) is 0 Å². The van der Waals surface area contributed by atoms with Gasteiger partial charge in [-0.25, -0.2) is 0 Å². The van der Waals surface area contributed by atoms with Crippen LogP contribution in [0.25, 0.3) is 10.9 Å². The van der Waals surface area contributed by atoms with Gasteiger partial charge in [0.25, 0.3) is 0 Å². The minimum Gasteiger partial charge on any atom is -0.655 e. The highest BCUT2D eigenvalue weighted by Gasteiger charge is 2.56. The van der Waals surface area contributed by atoms with Gasteiger partial charge in [-0.1, -0.05) is 100 Å². The van der Waals surface area contributed by atoms with Crippen molar-refractivity contribution in [2.24, 2.45) is 15.8 Å². The van der Waals surface area contributed by atoms with E-state index < -0.39 is 0 Å². The van der Waals surface area contributed by atoms with Crippen LogP contribution in [0.15, 0.2) is 46.6 Å². The van der Waals surface area contributed by atoms with Gasteiger partial charge in [0.15, 0.2) is 5.71 Å². The van der Waals surface area contributed by atoms with Gasteiger partial charge in [-0.2, -0.15) is 0 Å². The smallest absolute Gasteiger partial charge is 0.179 e. The number of hydrogen-bond donors (Lipinski definition) is 0. The van der Waals surface area contributed by atoms with Crippen LogP contribution in [0, 0.1) is 16.7 Å². The van der Waals surface area contributed by atoms with E-state index in [1.54, 1.807) is 0 Å². The van der Waals surface area contributed by atoms with Crippen LogP contribution in [0.3, 0.4) is 0 Å². The fraction of sp³-hybridized carbons (Fsp3) is 0.684. The molecule has 1 aliphatic carbocycles. The number of piperidine rings is 1. The molecule has 0 radical (unpaired) electrons. The number of aliphatic imine (C=N–C) groups is 1. The lowest BCUT2D eigenvalue weighted by Crippen LogP contribution is -2.47. The lowest BCUT2D eigenvalue weighted by molar-refractivity contribution is 0.189. The fourth-order valence-corrected chi connectivity index (χ4v) is 8.70. The molecular formula is C38H58N2. The molecule has 1 aromatic carbocycles. The zero-order valence-corrected chi connectivity index (χ0v) is 27.9. The lowest BCUT2D eigenvalue weighted by atomic mass is 9.54. The zero-order valence-electron chi connectivity index (χ0n) is 27.9. The minimum atomic E-state index is -0.0974. The monoisotopic (exact) mass is 542 g/mol. The molecule has 0 spiro atoms. The summed E-state index contributed by atoms with van der Waals surface area (Å²) in [5.74, 6) is 1.52. The topological polar surface area (TPSA) is 26.5 Å². The summed E-state index contributed by atoms with van der Waals surface area (Å²) in [4.78, 5) is 5.62. The summed E-state index contributed by atoms with van der Waals surface area (Å²) in [5, 5.41) is 5.62. The second kappa shape index (κ2) is 11.0. The third-order valence-electron chi connectivity index (χ3n) is 9.74. The highest BCUT2D eigenvalue weighted by Crippen LogP contribution is 2.63. The highest BCUT2D eigenvalue weighted by atomic mass is 15.0. The summed E-state index contributed by atoms with van der Waals surface area (Å²) in [6.45, 7) is 25.8. The van der Waals surface area contributed by atoms with Crippen molar-refractivity contribution in [1.29, 1.82) is 0 Å². The van der Waals surface area contributed by atoms with Crippen molar-refractivity contribution in [2.75, 3.05) is 0 Å². The maximum absolute atomic E-state index is 5.62. The average Bonchev–Trinajstić information content (AvgIpc) is 2.82. The van der Waals surface area contributed by atoms with E-state index >= 15 is 0 Å². The Morgan fingerprint density at radius 3 is 1.85 bits per heavy atom. The molecule has 0 aromatic heterocycles. The quantitative estimate of drug-likeness (QED) is 0.277. The average molecular weight is 543 g/mol. The number of benzene rings is 1. The van der Waals surface area contributed by atoms with E-state index in [9.17, 15) is 0 Å². The summed E-state index contributed by atoms with van der Waals surface area (Å²) in [5.41, 5.74) is 8.23. The predicted octanol–water partition coefficient (Wildman–Crippen LogP) is 11.6. The molecule has 2 aliphatic heterocycles. The van der Waals surface area contributed by atoms with Crippen LogP contribution in [0.4, 0.5) is 0 Å². The van der Waals surface area contributed by atoms with Crippen LogP contribution in [0.1, 0.15) is 151 Å². The Balaban J connectivity index is 2.07. The van der Waals surface area contributed by atoms with E-state index in [4.69, 9.17) is 10.3 Å². The Morgan fingerprint density at radius 2 is 1.35 bits per heavy atom. The Kier molecular flexibility index (Phi) is 8.55. The van der Waals surface area contributed by atoms with Crippen molar-refractivity contribution in [3.05, 3.63) is 64.0 Å². The van der Waals surface area contributed by atoms with Crippen molar-refractivity contribution < 1.29 is 0 Å². The number of fused-ring (bicyclic) bond motifs is 2. The van der Waals surface area contributed by atoms with Crippen molar-refractivity contribution in [3.63, 3.8) is 0 Å². The molecule has 4 rings (SSSR count). The highest BCUT2D eigenvalue weighted by molar-refractivity contribution is 6.35. The Bertz CT molecular complexity index is 1140. The van der Waals surface area contributed by atoms with Crippen LogP contribution in [0.5, 0.6) is 0 Å². The molecule has 0 saturated carbocycles. The first-order valence-electron chi connectivity index (χ1n) is 16.4. The van der Waals surface area contributed by atoms with E-state index in [1.807, 2.05) is 0 Å². The van der Waals surface area contributed by atoms with Gasteiger partial charge < -0.3 is 5.32 Å². The number of hydrogen-bond acceptors (Lipinski definition) is 1. The van der Waals surface area contributed by atoms with Gasteiger partial charge in [-0.3, -0.25) is 4.99 Å². The normalized spacial score (nSPS) is 22.6. The molecule has 1 fully saturated rings. The van der Waals surface area contributed by atoms with Crippen LogP contribution in [0.2, 0.25) is 0 Å². The van der Waals surface area contributed by atoms with E-state index in [-0.39, 0.29) is 27.3 Å². The zero-order chi connectivity index (χ0) is 29.6. The van der Waals surface area contributed by atoms with Gasteiger partial charge in [0.2, 0.25) is 0 Å². The predicted molar refractivity (Wildman–Crippen MR) is 176 cm³/mol. The standard InChI is InChI=1S/C38H58N2/c1-12-20-37(21-13-2)25-35(8,9)39-32-29(37)24-30-33(31(32)27-16-18-28(19-17-27)34(5,6)7)40-36(10,11)26-38(30,22-14-3)23-15-4/h16-19,24H,12-15,20-23,25-26H2,1-11H3. The van der Waals surface area contributed by atoms with Gasteiger partial charge in [0, 0.05) is 22.3 Å². The SMILES string of the molecule is CCCC1(CCC)CC(C)(C)N=C2C1=C[C+]1C(=C2c2ccc(C(C)(C)C)cc2)[N-]C(C)(C)CC1(CCC)CCC. The summed E-state index contributed by atoms with van der Waals surface area (Å²) in [6.07, 6.45) is 14.6.